The van der Waals surface area contributed by atoms with E-state index in [-0.39, 0.29) is 0 Å². The fourth-order valence-corrected chi connectivity index (χ4v) is 4.96. The number of thioether (sulfide) groups is 1. The second-order valence-corrected chi connectivity index (χ2v) is 7.95. The Kier molecular flexibility index (Phi) is 3.94. The van der Waals surface area contributed by atoms with Crippen LogP contribution < -0.4 is 4.90 Å². The Bertz CT molecular complexity index is 509. The van der Waals surface area contributed by atoms with Crippen LogP contribution in [0.1, 0.15) is 0 Å². The summed E-state index contributed by atoms with van der Waals surface area (Å²) in [6.45, 7) is 0.679. The Morgan fingerprint density at radius 1 is 1.59 bits per heavy atom. The van der Waals surface area contributed by atoms with E-state index in [2.05, 4.69) is 25.9 Å². The van der Waals surface area contributed by atoms with Gasteiger partial charge >= 0.3 is 0 Å². The van der Waals surface area contributed by atoms with Crippen molar-refractivity contribution in [3.05, 3.63) is 17.0 Å². The third kappa shape index (κ3) is 2.92. The summed E-state index contributed by atoms with van der Waals surface area (Å²) in [7, 11) is -3.12. The third-order valence-electron chi connectivity index (χ3n) is 2.50. The van der Waals surface area contributed by atoms with E-state index in [0.29, 0.717) is 18.1 Å². The molecule has 0 spiro atoms. The normalized spacial score (nSPS) is 21.5. The highest BCUT2D eigenvalue weighted by atomic mass is 79.9. The average molecular weight is 338 g/mol. The van der Waals surface area contributed by atoms with Crippen molar-refractivity contribution in [3.63, 3.8) is 0 Å². The van der Waals surface area contributed by atoms with Crippen molar-refractivity contribution in [2.45, 2.75) is 5.37 Å². The molecule has 1 unspecified atom stereocenters. The monoisotopic (exact) mass is 337 g/mol. The highest BCUT2D eigenvalue weighted by Crippen LogP contribution is 2.29. The first-order valence-electron chi connectivity index (χ1n) is 4.99. The SMILES string of the molecule is CS(=O)(=O)C1CSCCN1c1ncncc1Br. The lowest BCUT2D eigenvalue weighted by Gasteiger charge is -2.35. The first-order chi connectivity index (χ1) is 8.00. The molecule has 1 aliphatic rings. The fraction of sp³-hybridized carbons (Fsp3) is 0.556. The van der Waals surface area contributed by atoms with Gasteiger partial charge in [-0.2, -0.15) is 11.8 Å². The zero-order valence-corrected chi connectivity index (χ0v) is 12.4. The molecular formula is C9H12BrN3O2S2. The first-order valence-corrected chi connectivity index (χ1v) is 8.89. The summed E-state index contributed by atoms with van der Waals surface area (Å²) in [5.74, 6) is 2.13. The predicted molar refractivity (Wildman–Crippen MR) is 73.0 cm³/mol. The van der Waals surface area contributed by atoms with Gasteiger partial charge in [-0.25, -0.2) is 18.4 Å². The highest BCUT2D eigenvalue weighted by Gasteiger charge is 2.32. The molecular weight excluding hydrogens is 326 g/mol. The van der Waals surface area contributed by atoms with Crippen LogP contribution in [0.2, 0.25) is 0 Å². The van der Waals surface area contributed by atoms with Crippen LogP contribution in [-0.4, -0.2) is 48.1 Å². The second-order valence-electron chi connectivity index (χ2n) is 3.75. The topological polar surface area (TPSA) is 63.2 Å². The molecule has 2 rings (SSSR count). The van der Waals surface area contributed by atoms with E-state index in [4.69, 9.17) is 0 Å². The molecule has 94 valence electrons. The number of halogens is 1. The Morgan fingerprint density at radius 3 is 3.00 bits per heavy atom. The van der Waals surface area contributed by atoms with Gasteiger partial charge in [-0.1, -0.05) is 0 Å². The highest BCUT2D eigenvalue weighted by molar-refractivity contribution is 9.10. The van der Waals surface area contributed by atoms with E-state index in [1.807, 2.05) is 4.90 Å². The average Bonchev–Trinajstić information content (AvgIpc) is 2.28. The van der Waals surface area contributed by atoms with Gasteiger partial charge in [0.05, 0.1) is 4.47 Å². The lowest BCUT2D eigenvalue weighted by atomic mass is 10.4. The summed E-state index contributed by atoms with van der Waals surface area (Å²) in [6.07, 6.45) is 4.33. The quantitative estimate of drug-likeness (QED) is 0.807. The van der Waals surface area contributed by atoms with Gasteiger partial charge in [-0.3, -0.25) is 0 Å². The maximum Gasteiger partial charge on any atom is 0.169 e. The molecule has 1 aromatic heterocycles. The van der Waals surface area contributed by atoms with Gasteiger partial charge in [0.15, 0.2) is 9.84 Å². The van der Waals surface area contributed by atoms with E-state index in [1.165, 1.54) is 12.6 Å². The van der Waals surface area contributed by atoms with Crippen LogP contribution in [0.15, 0.2) is 17.0 Å². The lowest BCUT2D eigenvalue weighted by molar-refractivity contribution is 0.583. The van der Waals surface area contributed by atoms with Crippen molar-refractivity contribution < 1.29 is 8.42 Å². The minimum absolute atomic E-state index is 0.507. The Hall–Kier alpha value is -0.340. The van der Waals surface area contributed by atoms with Crippen LogP contribution in [0.4, 0.5) is 5.82 Å². The molecule has 1 aromatic rings. The van der Waals surface area contributed by atoms with Crippen molar-refractivity contribution in [3.8, 4) is 0 Å². The molecule has 17 heavy (non-hydrogen) atoms. The minimum Gasteiger partial charge on any atom is -0.337 e. The van der Waals surface area contributed by atoms with E-state index in [0.717, 1.165) is 10.2 Å². The van der Waals surface area contributed by atoms with Crippen LogP contribution in [0.3, 0.4) is 0 Å². The summed E-state index contributed by atoms with van der Waals surface area (Å²) in [4.78, 5) is 9.88. The summed E-state index contributed by atoms with van der Waals surface area (Å²) >= 11 is 5.01. The molecule has 2 heterocycles. The summed E-state index contributed by atoms with van der Waals surface area (Å²) in [5, 5.41) is -0.507. The molecule has 1 fully saturated rings. The van der Waals surface area contributed by atoms with E-state index < -0.39 is 15.2 Å². The Morgan fingerprint density at radius 2 is 2.35 bits per heavy atom. The molecule has 0 aliphatic carbocycles. The van der Waals surface area contributed by atoms with Gasteiger partial charge in [0.1, 0.15) is 17.5 Å². The summed E-state index contributed by atoms with van der Waals surface area (Å²) in [5.41, 5.74) is 0. The van der Waals surface area contributed by atoms with Gasteiger partial charge in [0.2, 0.25) is 0 Å². The van der Waals surface area contributed by atoms with Crippen molar-refractivity contribution >= 4 is 43.3 Å². The molecule has 1 saturated heterocycles. The molecule has 1 aliphatic heterocycles. The smallest absolute Gasteiger partial charge is 0.169 e. The van der Waals surface area contributed by atoms with Crippen molar-refractivity contribution in [1.29, 1.82) is 0 Å². The minimum atomic E-state index is -3.12. The number of sulfone groups is 1. The van der Waals surface area contributed by atoms with Crippen LogP contribution in [0, 0.1) is 0 Å². The lowest BCUT2D eigenvalue weighted by Crippen LogP contribution is -2.47. The first kappa shape index (κ1) is 13.1. The maximum absolute atomic E-state index is 11.8. The molecule has 0 amide bonds. The summed E-state index contributed by atoms with van der Waals surface area (Å²) in [6, 6.07) is 0. The third-order valence-corrected chi connectivity index (χ3v) is 5.70. The van der Waals surface area contributed by atoms with Gasteiger partial charge < -0.3 is 4.90 Å². The number of aromatic nitrogens is 2. The van der Waals surface area contributed by atoms with Gasteiger partial charge in [-0.05, 0) is 15.9 Å². The maximum atomic E-state index is 11.8. The number of hydrogen-bond acceptors (Lipinski definition) is 6. The number of anilines is 1. The fourth-order valence-electron chi connectivity index (χ4n) is 1.70. The van der Waals surface area contributed by atoms with Crippen LogP contribution >= 0.6 is 27.7 Å². The second kappa shape index (κ2) is 5.11. The van der Waals surface area contributed by atoms with E-state index in [9.17, 15) is 8.42 Å². The molecule has 0 radical (unpaired) electrons. The van der Waals surface area contributed by atoms with Crippen molar-refractivity contribution in [2.24, 2.45) is 0 Å². The standard InChI is InChI=1S/C9H12BrN3O2S2/c1-17(14,15)8-5-16-3-2-13(8)9-7(10)4-11-6-12-9/h4,6,8H,2-3,5H2,1H3. The van der Waals surface area contributed by atoms with E-state index >= 15 is 0 Å². The van der Waals surface area contributed by atoms with Crippen molar-refractivity contribution in [1.82, 2.24) is 9.97 Å². The van der Waals surface area contributed by atoms with E-state index in [1.54, 1.807) is 18.0 Å². The molecule has 0 N–H and O–H groups in total. The van der Waals surface area contributed by atoms with Gasteiger partial charge in [-0.15, -0.1) is 0 Å². The number of hydrogen-bond donors (Lipinski definition) is 0. The number of nitrogens with zero attached hydrogens (tertiary/aromatic N) is 3. The zero-order valence-electron chi connectivity index (χ0n) is 9.21. The largest absolute Gasteiger partial charge is 0.337 e. The Balaban J connectivity index is 2.38. The van der Waals surface area contributed by atoms with Crippen LogP contribution in [0.25, 0.3) is 0 Å². The van der Waals surface area contributed by atoms with Gasteiger partial charge in [0.25, 0.3) is 0 Å². The number of rotatable bonds is 2. The van der Waals surface area contributed by atoms with Crippen LogP contribution in [0.5, 0.6) is 0 Å². The molecule has 0 aromatic carbocycles. The molecule has 1 atom stereocenters. The van der Waals surface area contributed by atoms with Gasteiger partial charge in [0, 0.05) is 30.5 Å². The Labute approximate surface area is 113 Å². The molecule has 5 nitrogen and oxygen atoms in total. The van der Waals surface area contributed by atoms with Crippen LogP contribution in [-0.2, 0) is 9.84 Å². The summed E-state index contributed by atoms with van der Waals surface area (Å²) < 4.78 is 24.3. The van der Waals surface area contributed by atoms with Crippen molar-refractivity contribution in [2.75, 3.05) is 29.2 Å². The zero-order chi connectivity index (χ0) is 12.5. The molecule has 0 saturated carbocycles. The predicted octanol–water partition coefficient (Wildman–Crippen LogP) is 1.16. The molecule has 0 bridgehead atoms. The molecule has 8 heteroatoms.